The molecule has 3 aromatic carbocycles. The van der Waals surface area contributed by atoms with Crippen molar-refractivity contribution in [1.29, 1.82) is 0 Å². The minimum absolute atomic E-state index is 0.0652. The monoisotopic (exact) mass is 581 g/mol. The lowest BCUT2D eigenvalue weighted by atomic mass is 10.1. The summed E-state index contributed by atoms with van der Waals surface area (Å²) in [4.78, 5) is 40.3. The standard InChI is InChI=1S/C28H29N5O2.C2HF3O2/c34-26-20-32(17-15-29-26)16-7-14-30-28(35)23-11-6-10-22(18-23)27-31-24-12-4-5-13-25(24)33(27)19-21-8-2-1-3-9-21;3-2(4,5)1(6)7/h1-6,8-13,18H,7,14-17,19-20H2,(H,29,34)(H,30,35);(H,6,7). The third-order valence-electron chi connectivity index (χ3n) is 6.52. The van der Waals surface area contributed by atoms with Gasteiger partial charge in [-0.3, -0.25) is 14.5 Å². The number of halogens is 3. The second-order valence-electron chi connectivity index (χ2n) is 9.62. The number of para-hydroxylation sites is 2. The van der Waals surface area contributed by atoms with Crippen LogP contribution in [0.2, 0.25) is 0 Å². The number of aliphatic carboxylic acids is 1. The summed E-state index contributed by atoms with van der Waals surface area (Å²) in [6.07, 6.45) is -4.29. The van der Waals surface area contributed by atoms with Gasteiger partial charge in [-0.25, -0.2) is 9.78 Å². The van der Waals surface area contributed by atoms with E-state index in [2.05, 4.69) is 38.3 Å². The molecule has 0 unspecified atom stereocenters. The first kappa shape index (κ1) is 30.3. The van der Waals surface area contributed by atoms with Gasteiger partial charge in [-0.1, -0.05) is 54.6 Å². The van der Waals surface area contributed by atoms with Crippen LogP contribution in [0.3, 0.4) is 0 Å². The van der Waals surface area contributed by atoms with E-state index in [9.17, 15) is 22.8 Å². The summed E-state index contributed by atoms with van der Waals surface area (Å²) in [5.41, 5.74) is 4.70. The lowest BCUT2D eigenvalue weighted by Gasteiger charge is -2.26. The van der Waals surface area contributed by atoms with Crippen LogP contribution >= 0.6 is 0 Å². The highest BCUT2D eigenvalue weighted by Gasteiger charge is 2.38. The van der Waals surface area contributed by atoms with Crippen molar-refractivity contribution < 1.29 is 32.7 Å². The van der Waals surface area contributed by atoms with Crippen LogP contribution < -0.4 is 10.6 Å². The number of carboxylic acid groups (broad SMARTS) is 1. The zero-order valence-corrected chi connectivity index (χ0v) is 22.6. The average molecular weight is 582 g/mol. The fourth-order valence-electron chi connectivity index (χ4n) is 4.51. The molecule has 0 atom stereocenters. The number of aromatic nitrogens is 2. The molecular formula is C30H30F3N5O4. The molecule has 4 aromatic rings. The smallest absolute Gasteiger partial charge is 0.475 e. The van der Waals surface area contributed by atoms with Crippen molar-refractivity contribution in [2.75, 3.05) is 32.7 Å². The molecule has 1 aliphatic heterocycles. The van der Waals surface area contributed by atoms with Gasteiger partial charge in [0.1, 0.15) is 5.82 Å². The van der Waals surface area contributed by atoms with Crippen LogP contribution in [0, 0.1) is 0 Å². The zero-order chi connectivity index (χ0) is 30.1. The molecule has 0 saturated carbocycles. The minimum Gasteiger partial charge on any atom is -0.475 e. The number of piperazine rings is 1. The highest BCUT2D eigenvalue weighted by atomic mass is 19.4. The molecule has 12 heteroatoms. The maximum atomic E-state index is 12.9. The Morgan fingerprint density at radius 3 is 2.43 bits per heavy atom. The van der Waals surface area contributed by atoms with E-state index < -0.39 is 12.1 Å². The number of carboxylic acids is 1. The van der Waals surface area contributed by atoms with Gasteiger partial charge < -0.3 is 20.3 Å². The quantitative estimate of drug-likeness (QED) is 0.272. The molecule has 1 fully saturated rings. The zero-order valence-electron chi connectivity index (χ0n) is 22.6. The number of fused-ring (bicyclic) bond motifs is 1. The summed E-state index contributed by atoms with van der Waals surface area (Å²) in [5.74, 6) is -1.95. The minimum atomic E-state index is -5.08. The van der Waals surface area contributed by atoms with E-state index in [1.165, 1.54) is 5.56 Å². The number of imidazole rings is 1. The Morgan fingerprint density at radius 2 is 1.71 bits per heavy atom. The highest BCUT2D eigenvalue weighted by Crippen LogP contribution is 2.26. The molecule has 220 valence electrons. The number of carbonyl (C=O) groups excluding carboxylic acids is 2. The van der Waals surface area contributed by atoms with Crippen LogP contribution in [-0.4, -0.2) is 76.2 Å². The van der Waals surface area contributed by atoms with Crippen LogP contribution in [-0.2, 0) is 16.1 Å². The molecule has 0 bridgehead atoms. The number of hydrogen-bond donors (Lipinski definition) is 3. The van der Waals surface area contributed by atoms with Gasteiger partial charge in [-0.15, -0.1) is 0 Å². The molecular weight excluding hydrogens is 551 g/mol. The molecule has 42 heavy (non-hydrogen) atoms. The molecule has 3 N–H and O–H groups in total. The predicted molar refractivity (Wildman–Crippen MR) is 151 cm³/mol. The Bertz CT molecular complexity index is 1540. The fraction of sp³-hybridized carbons (Fsp3) is 0.267. The lowest BCUT2D eigenvalue weighted by Crippen LogP contribution is -2.48. The summed E-state index contributed by atoms with van der Waals surface area (Å²) in [7, 11) is 0. The first-order valence-electron chi connectivity index (χ1n) is 13.3. The van der Waals surface area contributed by atoms with Gasteiger partial charge in [-0.2, -0.15) is 13.2 Å². The second kappa shape index (κ2) is 13.8. The Hall–Kier alpha value is -4.71. The number of carbonyl (C=O) groups is 3. The van der Waals surface area contributed by atoms with E-state index in [1.807, 2.05) is 60.7 Å². The first-order chi connectivity index (χ1) is 20.1. The van der Waals surface area contributed by atoms with Crippen molar-refractivity contribution in [2.45, 2.75) is 19.1 Å². The van der Waals surface area contributed by atoms with E-state index >= 15 is 0 Å². The summed E-state index contributed by atoms with van der Waals surface area (Å²) in [6, 6.07) is 26.1. The number of amides is 2. The van der Waals surface area contributed by atoms with Gasteiger partial charge in [0.25, 0.3) is 5.91 Å². The van der Waals surface area contributed by atoms with Crippen LogP contribution in [0.1, 0.15) is 22.3 Å². The molecule has 2 heterocycles. The van der Waals surface area contributed by atoms with Gasteiger partial charge in [0.2, 0.25) is 5.91 Å². The van der Waals surface area contributed by atoms with Crippen LogP contribution in [0.15, 0.2) is 78.9 Å². The molecule has 0 spiro atoms. The van der Waals surface area contributed by atoms with Crippen molar-refractivity contribution in [2.24, 2.45) is 0 Å². The maximum absolute atomic E-state index is 12.9. The Morgan fingerprint density at radius 1 is 1.00 bits per heavy atom. The second-order valence-corrected chi connectivity index (χ2v) is 9.62. The van der Waals surface area contributed by atoms with Gasteiger partial charge >= 0.3 is 12.1 Å². The summed E-state index contributed by atoms with van der Waals surface area (Å²) < 4.78 is 33.9. The third kappa shape index (κ3) is 8.16. The van der Waals surface area contributed by atoms with Gasteiger partial charge in [-0.05, 0) is 36.2 Å². The van der Waals surface area contributed by atoms with Crippen molar-refractivity contribution in [3.8, 4) is 11.4 Å². The van der Waals surface area contributed by atoms with E-state index in [-0.39, 0.29) is 11.8 Å². The molecule has 5 rings (SSSR count). The maximum Gasteiger partial charge on any atom is 0.490 e. The topological polar surface area (TPSA) is 117 Å². The van der Waals surface area contributed by atoms with Crippen molar-refractivity contribution >= 4 is 28.8 Å². The first-order valence-corrected chi connectivity index (χ1v) is 13.3. The molecule has 9 nitrogen and oxygen atoms in total. The van der Waals surface area contributed by atoms with Crippen LogP contribution in [0.5, 0.6) is 0 Å². The van der Waals surface area contributed by atoms with E-state index in [0.29, 0.717) is 31.7 Å². The van der Waals surface area contributed by atoms with E-state index in [1.54, 1.807) is 0 Å². The molecule has 1 saturated heterocycles. The van der Waals surface area contributed by atoms with Crippen LogP contribution in [0.25, 0.3) is 22.4 Å². The SMILES string of the molecule is O=C(O)C(F)(F)F.O=C1CN(CCCNC(=O)c2cccc(-c3nc4ccccc4n3Cc3ccccc3)c2)CCN1. The number of nitrogens with one attached hydrogen (secondary N) is 2. The molecule has 0 radical (unpaired) electrons. The number of rotatable bonds is 8. The van der Waals surface area contributed by atoms with Crippen LogP contribution in [0.4, 0.5) is 13.2 Å². The van der Waals surface area contributed by atoms with E-state index in [0.717, 1.165) is 41.9 Å². The lowest BCUT2D eigenvalue weighted by molar-refractivity contribution is -0.192. The van der Waals surface area contributed by atoms with Crippen molar-refractivity contribution in [3.63, 3.8) is 0 Å². The average Bonchev–Trinajstić information content (AvgIpc) is 3.34. The number of alkyl halides is 3. The van der Waals surface area contributed by atoms with Crippen molar-refractivity contribution in [1.82, 2.24) is 25.1 Å². The van der Waals surface area contributed by atoms with Gasteiger partial charge in [0.05, 0.1) is 17.6 Å². The number of nitrogens with zero attached hydrogens (tertiary/aromatic N) is 3. The molecule has 1 aromatic heterocycles. The number of hydrogen-bond acceptors (Lipinski definition) is 5. The predicted octanol–water partition coefficient (Wildman–Crippen LogP) is 3.94. The Kier molecular flexibility index (Phi) is 9.92. The normalized spacial score (nSPS) is 13.6. The highest BCUT2D eigenvalue weighted by molar-refractivity contribution is 5.95. The van der Waals surface area contributed by atoms with E-state index in [4.69, 9.17) is 14.9 Å². The molecule has 1 aliphatic rings. The van der Waals surface area contributed by atoms with Crippen molar-refractivity contribution in [3.05, 3.63) is 90.0 Å². The largest absolute Gasteiger partial charge is 0.490 e. The van der Waals surface area contributed by atoms with Gasteiger partial charge in [0, 0.05) is 43.9 Å². The molecule has 0 aliphatic carbocycles. The Balaban J connectivity index is 0.000000517. The fourth-order valence-corrected chi connectivity index (χ4v) is 4.51. The summed E-state index contributed by atoms with van der Waals surface area (Å²) >= 11 is 0. The third-order valence-corrected chi connectivity index (χ3v) is 6.52. The molecule has 2 amide bonds. The summed E-state index contributed by atoms with van der Waals surface area (Å²) in [6.45, 7) is 4.02. The Labute approximate surface area is 240 Å². The number of benzene rings is 3. The summed E-state index contributed by atoms with van der Waals surface area (Å²) in [5, 5.41) is 13.0. The van der Waals surface area contributed by atoms with Gasteiger partial charge in [0.15, 0.2) is 0 Å².